The van der Waals surface area contributed by atoms with E-state index in [0.717, 1.165) is 17.8 Å². The van der Waals surface area contributed by atoms with E-state index in [2.05, 4.69) is 22.3 Å². The molecule has 0 aromatic heterocycles. The lowest BCUT2D eigenvalue weighted by atomic mass is 9.94. The fourth-order valence-corrected chi connectivity index (χ4v) is 3.63. The van der Waals surface area contributed by atoms with Gasteiger partial charge in [-0.15, -0.1) is 0 Å². The maximum atomic E-state index is 12.6. The molecule has 0 bridgehead atoms. The van der Waals surface area contributed by atoms with Crippen LogP contribution in [0.5, 0.6) is 0 Å². The molecule has 2 atom stereocenters. The van der Waals surface area contributed by atoms with Gasteiger partial charge in [0.1, 0.15) is 0 Å². The minimum absolute atomic E-state index is 0.0494. The maximum absolute atomic E-state index is 12.6. The zero-order valence-electron chi connectivity index (χ0n) is 16.2. The number of benzene rings is 2. The van der Waals surface area contributed by atoms with Crippen molar-refractivity contribution < 1.29 is 4.79 Å². The van der Waals surface area contributed by atoms with Gasteiger partial charge in [0.25, 0.3) is 0 Å². The molecule has 0 saturated carbocycles. The quantitative estimate of drug-likeness (QED) is 0.801. The van der Waals surface area contributed by atoms with E-state index in [4.69, 9.17) is 5.73 Å². The third kappa shape index (κ3) is 5.65. The maximum Gasteiger partial charge on any atom is 0.229 e. The Hall–Kier alpha value is -2.17. The van der Waals surface area contributed by atoms with E-state index in [9.17, 15) is 4.79 Å². The number of nitrogens with zero attached hydrogens (tertiary/aromatic N) is 1. The lowest BCUT2D eigenvalue weighted by molar-refractivity contribution is -0.120. The number of hydrogen-bond acceptors (Lipinski definition) is 3. The van der Waals surface area contributed by atoms with E-state index < -0.39 is 0 Å². The molecule has 1 saturated heterocycles. The van der Waals surface area contributed by atoms with Crippen molar-refractivity contribution in [3.8, 4) is 0 Å². The average molecular weight is 366 g/mol. The molecule has 0 radical (unpaired) electrons. The Bertz CT molecular complexity index is 706. The van der Waals surface area contributed by atoms with Crippen LogP contribution in [0.15, 0.2) is 54.6 Å². The molecule has 0 aliphatic carbocycles. The molecule has 3 rings (SSSR count). The Balaban J connectivity index is 1.54. The summed E-state index contributed by atoms with van der Waals surface area (Å²) in [4.78, 5) is 15.1. The number of carbonyl (C=O) groups is 1. The molecule has 3 N–H and O–H groups in total. The second-order valence-corrected chi connectivity index (χ2v) is 7.60. The molecule has 1 fully saturated rings. The predicted octanol–water partition coefficient (Wildman–Crippen LogP) is 4.34. The summed E-state index contributed by atoms with van der Waals surface area (Å²) in [5, 5.41) is 3.00. The molecule has 27 heavy (non-hydrogen) atoms. The highest BCUT2D eigenvalue weighted by atomic mass is 16.1. The molecule has 1 amide bonds. The van der Waals surface area contributed by atoms with Crippen LogP contribution < -0.4 is 11.1 Å². The van der Waals surface area contributed by atoms with Gasteiger partial charge in [-0.25, -0.2) is 0 Å². The molecule has 2 aromatic carbocycles. The lowest BCUT2D eigenvalue weighted by Crippen LogP contribution is -2.30. The third-order valence-electron chi connectivity index (χ3n) is 5.46. The summed E-state index contributed by atoms with van der Waals surface area (Å²) >= 11 is 0. The third-order valence-corrected chi connectivity index (χ3v) is 5.46. The molecular formula is C23H31N3O. The standard InChI is InChI=1S/C23H31N3O/c1-18(22(24)20-9-5-4-6-10-20)23(27)25-21-13-11-19(12-14-21)17-26-15-7-2-3-8-16-26/h4-6,9-14,18,22H,2-3,7-8,15-17,24H2,1H3,(H,25,27). The van der Waals surface area contributed by atoms with Gasteiger partial charge in [-0.1, -0.05) is 62.2 Å². The molecule has 2 aromatic rings. The molecule has 1 aliphatic rings. The molecule has 2 unspecified atom stereocenters. The van der Waals surface area contributed by atoms with Gasteiger partial charge in [0.2, 0.25) is 5.91 Å². The minimum Gasteiger partial charge on any atom is -0.326 e. The number of carbonyl (C=O) groups excluding carboxylic acids is 1. The second-order valence-electron chi connectivity index (χ2n) is 7.60. The molecule has 4 heteroatoms. The van der Waals surface area contributed by atoms with E-state index >= 15 is 0 Å². The Morgan fingerprint density at radius 3 is 2.26 bits per heavy atom. The summed E-state index contributed by atoms with van der Waals surface area (Å²) in [6.45, 7) is 5.24. The first-order valence-electron chi connectivity index (χ1n) is 10.1. The zero-order chi connectivity index (χ0) is 19.1. The first-order valence-corrected chi connectivity index (χ1v) is 10.1. The van der Waals surface area contributed by atoms with Gasteiger partial charge in [-0.3, -0.25) is 9.69 Å². The summed E-state index contributed by atoms with van der Waals surface area (Å²) in [6, 6.07) is 17.7. The highest BCUT2D eigenvalue weighted by molar-refractivity contribution is 5.92. The van der Waals surface area contributed by atoms with Crippen LogP contribution >= 0.6 is 0 Å². The van der Waals surface area contributed by atoms with Crippen LogP contribution in [0.3, 0.4) is 0 Å². The normalized spacial score (nSPS) is 17.7. The van der Waals surface area contributed by atoms with Gasteiger partial charge in [0.05, 0.1) is 5.92 Å². The highest BCUT2D eigenvalue weighted by Crippen LogP contribution is 2.21. The van der Waals surface area contributed by atoms with Crippen LogP contribution in [0.2, 0.25) is 0 Å². The average Bonchev–Trinajstić information content (AvgIpc) is 2.97. The number of likely N-dealkylation sites (tertiary alicyclic amines) is 1. The number of hydrogen-bond donors (Lipinski definition) is 2. The van der Waals surface area contributed by atoms with Crippen molar-refractivity contribution in [2.24, 2.45) is 11.7 Å². The van der Waals surface area contributed by atoms with Gasteiger partial charge < -0.3 is 11.1 Å². The first kappa shape index (κ1) is 19.6. The summed E-state index contributed by atoms with van der Waals surface area (Å²) in [6.07, 6.45) is 5.30. The van der Waals surface area contributed by atoms with Crippen LogP contribution in [-0.4, -0.2) is 23.9 Å². The van der Waals surface area contributed by atoms with Gasteiger partial charge in [0, 0.05) is 18.3 Å². The molecule has 4 nitrogen and oxygen atoms in total. The summed E-state index contributed by atoms with van der Waals surface area (Å²) in [5.74, 6) is -0.351. The molecule has 1 aliphatic heterocycles. The fraction of sp³-hybridized carbons (Fsp3) is 0.435. The van der Waals surface area contributed by atoms with Crippen molar-refractivity contribution in [2.75, 3.05) is 18.4 Å². The van der Waals surface area contributed by atoms with Gasteiger partial charge >= 0.3 is 0 Å². The SMILES string of the molecule is CC(C(=O)Nc1ccc(CN2CCCCCC2)cc1)C(N)c1ccccc1. The Morgan fingerprint density at radius 2 is 1.63 bits per heavy atom. The molecule has 144 valence electrons. The van der Waals surface area contributed by atoms with Crippen molar-refractivity contribution in [1.29, 1.82) is 0 Å². The Labute approximate surface area is 162 Å². The fourth-order valence-electron chi connectivity index (χ4n) is 3.63. The highest BCUT2D eigenvalue weighted by Gasteiger charge is 2.22. The van der Waals surface area contributed by atoms with E-state index in [1.54, 1.807) is 0 Å². The number of nitrogens with two attached hydrogens (primary N) is 1. The van der Waals surface area contributed by atoms with Gasteiger partial charge in [-0.2, -0.15) is 0 Å². The van der Waals surface area contributed by atoms with E-state index in [-0.39, 0.29) is 17.9 Å². The summed E-state index contributed by atoms with van der Waals surface area (Å²) in [7, 11) is 0. The molecular weight excluding hydrogens is 334 g/mol. The summed E-state index contributed by atoms with van der Waals surface area (Å²) < 4.78 is 0. The molecule has 1 heterocycles. The Kier molecular flexibility index (Phi) is 7.02. The van der Waals surface area contributed by atoms with Crippen LogP contribution in [0.25, 0.3) is 0 Å². The van der Waals surface area contributed by atoms with Crippen LogP contribution in [0.1, 0.15) is 49.8 Å². The van der Waals surface area contributed by atoms with E-state index in [0.29, 0.717) is 0 Å². The van der Waals surface area contributed by atoms with Crippen molar-refractivity contribution >= 4 is 11.6 Å². The largest absolute Gasteiger partial charge is 0.326 e. The van der Waals surface area contributed by atoms with Crippen LogP contribution in [-0.2, 0) is 11.3 Å². The second kappa shape index (κ2) is 9.67. The van der Waals surface area contributed by atoms with Crippen molar-refractivity contribution in [2.45, 2.75) is 45.2 Å². The van der Waals surface area contributed by atoms with Crippen molar-refractivity contribution in [1.82, 2.24) is 4.90 Å². The number of nitrogens with one attached hydrogen (secondary N) is 1. The van der Waals surface area contributed by atoms with Crippen LogP contribution in [0.4, 0.5) is 5.69 Å². The van der Waals surface area contributed by atoms with E-state index in [1.807, 2.05) is 49.4 Å². The van der Waals surface area contributed by atoms with Gasteiger partial charge in [-0.05, 0) is 49.2 Å². The van der Waals surface area contributed by atoms with Crippen LogP contribution in [0, 0.1) is 5.92 Å². The predicted molar refractivity (Wildman–Crippen MR) is 111 cm³/mol. The lowest BCUT2D eigenvalue weighted by Gasteiger charge is -2.21. The number of amides is 1. The first-order chi connectivity index (χ1) is 13.1. The van der Waals surface area contributed by atoms with E-state index in [1.165, 1.54) is 44.3 Å². The topological polar surface area (TPSA) is 58.4 Å². The minimum atomic E-state index is -0.312. The van der Waals surface area contributed by atoms with Crippen molar-refractivity contribution in [3.63, 3.8) is 0 Å². The smallest absolute Gasteiger partial charge is 0.229 e. The monoisotopic (exact) mass is 365 g/mol. The summed E-state index contributed by atoms with van der Waals surface area (Å²) in [5.41, 5.74) is 9.37. The zero-order valence-corrected chi connectivity index (χ0v) is 16.2. The number of anilines is 1. The molecule has 0 spiro atoms. The van der Waals surface area contributed by atoms with Gasteiger partial charge in [0.15, 0.2) is 0 Å². The Morgan fingerprint density at radius 1 is 1.00 bits per heavy atom. The van der Waals surface area contributed by atoms with Crippen molar-refractivity contribution in [3.05, 3.63) is 65.7 Å². The number of rotatable bonds is 6.